The third kappa shape index (κ3) is 5.29. The molecule has 0 aliphatic carbocycles. The van der Waals surface area contributed by atoms with Gasteiger partial charge in [-0.25, -0.2) is 16.8 Å². The van der Waals surface area contributed by atoms with Crippen LogP contribution in [0.5, 0.6) is 0 Å². The molecule has 1 heterocycles. The van der Waals surface area contributed by atoms with Crippen molar-refractivity contribution in [2.24, 2.45) is 5.41 Å². The number of hydrogen-bond donors (Lipinski definition) is 0. The molecule has 9 heteroatoms. The van der Waals surface area contributed by atoms with Gasteiger partial charge in [-0.2, -0.15) is 13.9 Å². The molecule has 2 rings (SSSR count). The number of nitriles is 1. The lowest BCUT2D eigenvalue weighted by molar-refractivity contribution is 0.285. The second-order valence-electron chi connectivity index (χ2n) is 7.89. The predicted molar refractivity (Wildman–Crippen MR) is 103 cm³/mol. The summed E-state index contributed by atoms with van der Waals surface area (Å²) in [5.74, 6) is 0. The summed E-state index contributed by atoms with van der Waals surface area (Å²) in [6, 6.07) is 7.34. The third-order valence-electron chi connectivity index (χ3n) is 4.29. The van der Waals surface area contributed by atoms with Gasteiger partial charge in [0, 0.05) is 32.6 Å². The van der Waals surface area contributed by atoms with Crippen molar-refractivity contribution in [3.05, 3.63) is 24.3 Å². The highest BCUT2D eigenvalue weighted by Crippen LogP contribution is 2.25. The van der Waals surface area contributed by atoms with E-state index >= 15 is 0 Å². The van der Waals surface area contributed by atoms with Crippen LogP contribution in [0.15, 0.2) is 34.1 Å². The van der Waals surface area contributed by atoms with Crippen molar-refractivity contribution in [2.45, 2.75) is 49.8 Å². The van der Waals surface area contributed by atoms with Gasteiger partial charge in [0.05, 0.1) is 15.9 Å². The van der Waals surface area contributed by atoms with Gasteiger partial charge in [-0.3, -0.25) is 0 Å². The van der Waals surface area contributed by atoms with Crippen LogP contribution < -0.4 is 0 Å². The van der Waals surface area contributed by atoms with Crippen molar-refractivity contribution in [1.82, 2.24) is 8.61 Å². The standard InChI is InChI=1S/C18H27N3O4S2/c1-18(2,3)15-21(14-6-11-19)27(24,25)17-9-7-16(8-10-17)26(22,23)20-12-4-5-13-20/h7-10H,4-6,12-15H2,1-3H3. The Morgan fingerprint density at radius 2 is 1.56 bits per heavy atom. The zero-order valence-corrected chi connectivity index (χ0v) is 17.7. The van der Waals surface area contributed by atoms with Crippen molar-refractivity contribution < 1.29 is 16.8 Å². The molecule has 0 bridgehead atoms. The first-order chi connectivity index (χ1) is 12.5. The van der Waals surface area contributed by atoms with Gasteiger partial charge in [-0.1, -0.05) is 20.8 Å². The summed E-state index contributed by atoms with van der Waals surface area (Å²) in [6.45, 7) is 7.13. The van der Waals surface area contributed by atoms with Gasteiger partial charge >= 0.3 is 0 Å². The molecule has 27 heavy (non-hydrogen) atoms. The Morgan fingerprint density at radius 1 is 1.04 bits per heavy atom. The van der Waals surface area contributed by atoms with Crippen molar-refractivity contribution in [2.75, 3.05) is 26.2 Å². The molecule has 1 fully saturated rings. The average Bonchev–Trinajstić information content (AvgIpc) is 3.13. The van der Waals surface area contributed by atoms with Gasteiger partial charge in [0.15, 0.2) is 0 Å². The van der Waals surface area contributed by atoms with E-state index in [1.54, 1.807) is 0 Å². The normalized spacial score (nSPS) is 16.6. The lowest BCUT2D eigenvalue weighted by Gasteiger charge is -2.28. The van der Waals surface area contributed by atoms with E-state index in [2.05, 4.69) is 0 Å². The van der Waals surface area contributed by atoms with Crippen LogP contribution >= 0.6 is 0 Å². The summed E-state index contributed by atoms with van der Waals surface area (Å²) in [7, 11) is -7.40. The molecule has 1 aromatic rings. The Hall–Kier alpha value is -1.47. The molecule has 0 atom stereocenters. The Balaban J connectivity index is 2.31. The highest BCUT2D eigenvalue weighted by molar-refractivity contribution is 7.89. The molecule has 1 aliphatic heterocycles. The second kappa shape index (κ2) is 8.27. The molecule has 0 amide bonds. The van der Waals surface area contributed by atoms with Crippen LogP contribution in [0.2, 0.25) is 0 Å². The number of rotatable bonds is 7. The molecule has 150 valence electrons. The summed E-state index contributed by atoms with van der Waals surface area (Å²) in [6.07, 6.45) is 1.77. The SMILES string of the molecule is CC(C)(C)CN(CCC#N)S(=O)(=O)c1ccc(S(=O)(=O)N2CCCC2)cc1. The molecule has 0 aromatic heterocycles. The van der Waals surface area contributed by atoms with Crippen LogP contribution in [0, 0.1) is 16.7 Å². The number of hydrogen-bond acceptors (Lipinski definition) is 5. The summed E-state index contributed by atoms with van der Waals surface area (Å²) < 4.78 is 53.9. The van der Waals surface area contributed by atoms with Crippen LogP contribution in [-0.4, -0.2) is 51.6 Å². The second-order valence-corrected chi connectivity index (χ2v) is 11.8. The lowest BCUT2D eigenvalue weighted by Crippen LogP contribution is -2.38. The molecule has 0 spiro atoms. The molecule has 7 nitrogen and oxygen atoms in total. The quantitative estimate of drug-likeness (QED) is 0.684. The fourth-order valence-corrected chi connectivity index (χ4v) is 6.18. The lowest BCUT2D eigenvalue weighted by atomic mass is 9.97. The zero-order valence-electron chi connectivity index (χ0n) is 16.1. The van der Waals surface area contributed by atoms with Crippen molar-refractivity contribution in [3.8, 4) is 6.07 Å². The number of sulfonamides is 2. The highest BCUT2D eigenvalue weighted by atomic mass is 32.2. The van der Waals surface area contributed by atoms with E-state index in [1.807, 2.05) is 26.8 Å². The van der Waals surface area contributed by atoms with E-state index in [1.165, 1.54) is 32.9 Å². The molecule has 0 radical (unpaired) electrons. The van der Waals surface area contributed by atoms with E-state index in [9.17, 15) is 16.8 Å². The molecule has 1 aromatic carbocycles. The summed E-state index contributed by atoms with van der Waals surface area (Å²) in [4.78, 5) is 0.132. The molecule has 0 N–H and O–H groups in total. The Labute approximate surface area is 162 Å². The smallest absolute Gasteiger partial charge is 0.207 e. The van der Waals surface area contributed by atoms with E-state index in [-0.39, 0.29) is 34.7 Å². The van der Waals surface area contributed by atoms with Crippen LogP contribution in [0.25, 0.3) is 0 Å². The molecule has 1 aliphatic rings. The van der Waals surface area contributed by atoms with Gasteiger partial charge in [0.1, 0.15) is 0 Å². The average molecular weight is 414 g/mol. The monoisotopic (exact) mass is 413 g/mol. The van der Waals surface area contributed by atoms with Gasteiger partial charge in [-0.15, -0.1) is 0 Å². The Morgan fingerprint density at radius 3 is 2.04 bits per heavy atom. The van der Waals surface area contributed by atoms with E-state index in [0.29, 0.717) is 13.1 Å². The Kier molecular flexibility index (Phi) is 6.68. The summed E-state index contributed by atoms with van der Waals surface area (Å²) >= 11 is 0. The Bertz CT molecular complexity index is 889. The minimum Gasteiger partial charge on any atom is -0.207 e. The van der Waals surface area contributed by atoms with Crippen molar-refractivity contribution in [1.29, 1.82) is 5.26 Å². The fraction of sp³-hybridized carbons (Fsp3) is 0.611. The largest absolute Gasteiger partial charge is 0.243 e. The number of benzene rings is 1. The maximum atomic E-state index is 13.0. The highest BCUT2D eigenvalue weighted by Gasteiger charge is 2.30. The van der Waals surface area contributed by atoms with E-state index in [0.717, 1.165) is 12.8 Å². The van der Waals surface area contributed by atoms with Gasteiger partial charge in [0.2, 0.25) is 20.0 Å². The first-order valence-electron chi connectivity index (χ1n) is 8.96. The molecule has 0 unspecified atom stereocenters. The van der Waals surface area contributed by atoms with Crippen molar-refractivity contribution >= 4 is 20.0 Å². The van der Waals surface area contributed by atoms with Gasteiger partial charge in [-0.05, 0) is 42.5 Å². The van der Waals surface area contributed by atoms with E-state index < -0.39 is 20.0 Å². The molecular weight excluding hydrogens is 386 g/mol. The van der Waals surface area contributed by atoms with Crippen LogP contribution in [0.3, 0.4) is 0 Å². The van der Waals surface area contributed by atoms with E-state index in [4.69, 9.17) is 5.26 Å². The maximum absolute atomic E-state index is 13.0. The van der Waals surface area contributed by atoms with Crippen LogP contribution in [0.1, 0.15) is 40.0 Å². The van der Waals surface area contributed by atoms with Crippen LogP contribution in [-0.2, 0) is 20.0 Å². The molecule has 1 saturated heterocycles. The maximum Gasteiger partial charge on any atom is 0.243 e. The third-order valence-corrected chi connectivity index (χ3v) is 8.06. The predicted octanol–water partition coefficient (Wildman–Crippen LogP) is 2.42. The van der Waals surface area contributed by atoms with Crippen molar-refractivity contribution in [3.63, 3.8) is 0 Å². The minimum absolute atomic E-state index is 0.0325. The first kappa shape index (κ1) is 21.8. The molecular formula is C18H27N3O4S2. The molecule has 0 saturated carbocycles. The van der Waals surface area contributed by atoms with Gasteiger partial charge < -0.3 is 0 Å². The topological polar surface area (TPSA) is 98.5 Å². The zero-order chi connectivity index (χ0) is 20.3. The van der Waals surface area contributed by atoms with Gasteiger partial charge in [0.25, 0.3) is 0 Å². The fourth-order valence-electron chi connectivity index (χ4n) is 3.00. The number of nitrogens with zero attached hydrogens (tertiary/aromatic N) is 3. The summed E-state index contributed by atoms with van der Waals surface area (Å²) in [5.41, 5.74) is -0.276. The minimum atomic E-state index is -3.81. The first-order valence-corrected chi connectivity index (χ1v) is 11.8. The van der Waals surface area contributed by atoms with Crippen LogP contribution in [0.4, 0.5) is 0 Å². The summed E-state index contributed by atoms with van der Waals surface area (Å²) in [5, 5.41) is 8.84.